The van der Waals surface area contributed by atoms with E-state index < -0.39 is 0 Å². The van der Waals surface area contributed by atoms with Gasteiger partial charge in [0.15, 0.2) is 0 Å². The van der Waals surface area contributed by atoms with E-state index in [-0.39, 0.29) is 0 Å². The van der Waals surface area contributed by atoms with Crippen LogP contribution in [0.4, 0.5) is 0 Å². The smallest absolute Gasteiger partial charge is 0.142 e. The minimum Gasteiger partial charge on any atom is -0.142 e. The molecule has 0 unspecified atom stereocenters. The third-order valence-electron chi connectivity index (χ3n) is 2.82. The quantitative estimate of drug-likeness (QED) is 0.761. The van der Waals surface area contributed by atoms with Crippen LogP contribution in [0.3, 0.4) is 0 Å². The fourth-order valence-electron chi connectivity index (χ4n) is 2.11. The van der Waals surface area contributed by atoms with Gasteiger partial charge in [-0.3, -0.25) is 0 Å². The lowest BCUT2D eigenvalue weighted by molar-refractivity contribution is 0.721. The van der Waals surface area contributed by atoms with E-state index >= 15 is 0 Å². The van der Waals surface area contributed by atoms with E-state index in [1.807, 2.05) is 0 Å². The second-order valence-corrected chi connectivity index (χ2v) is 5.36. The molecule has 2 nitrogen and oxygen atoms in total. The number of fused-ring (bicyclic) bond motifs is 1. The predicted molar refractivity (Wildman–Crippen MR) is 61.5 cm³/mol. The third kappa shape index (κ3) is 1.66. The van der Waals surface area contributed by atoms with Crippen molar-refractivity contribution >= 4 is 22.9 Å². The average Bonchev–Trinajstić information content (AvgIpc) is 2.82. The van der Waals surface area contributed by atoms with Gasteiger partial charge in [0.05, 0.1) is 0 Å². The molecule has 0 bridgehead atoms. The van der Waals surface area contributed by atoms with Gasteiger partial charge in [-0.15, -0.1) is 10.2 Å². The standard InChI is InChI=1S/C11H9ClN2S/c12-11-14-13-10(15-11)9-5-7-3-1-2-4-8(7)6-9/h1-4,9H,5-6H2. The summed E-state index contributed by atoms with van der Waals surface area (Å²) in [5.41, 5.74) is 2.88. The van der Waals surface area contributed by atoms with Crippen molar-refractivity contribution in [2.24, 2.45) is 0 Å². The molecule has 3 rings (SSSR count). The summed E-state index contributed by atoms with van der Waals surface area (Å²) < 4.78 is 0.543. The topological polar surface area (TPSA) is 25.8 Å². The lowest BCUT2D eigenvalue weighted by Crippen LogP contribution is -1.96. The van der Waals surface area contributed by atoms with Crippen molar-refractivity contribution < 1.29 is 0 Å². The first kappa shape index (κ1) is 9.31. The van der Waals surface area contributed by atoms with Gasteiger partial charge in [0.25, 0.3) is 0 Å². The van der Waals surface area contributed by atoms with Crippen molar-refractivity contribution in [3.05, 3.63) is 44.9 Å². The molecular formula is C11H9ClN2S. The summed E-state index contributed by atoms with van der Waals surface area (Å²) in [5.74, 6) is 0.479. The Balaban J connectivity index is 1.90. The van der Waals surface area contributed by atoms with Crippen LogP contribution >= 0.6 is 22.9 Å². The fourth-order valence-corrected chi connectivity index (χ4v) is 3.06. The molecule has 0 amide bonds. The zero-order valence-electron chi connectivity index (χ0n) is 7.98. The van der Waals surface area contributed by atoms with Gasteiger partial charge in [0.2, 0.25) is 4.47 Å². The molecule has 15 heavy (non-hydrogen) atoms. The molecule has 1 heterocycles. The molecule has 0 atom stereocenters. The normalized spacial score (nSPS) is 15.5. The van der Waals surface area contributed by atoms with Crippen LogP contribution in [0.25, 0.3) is 0 Å². The highest BCUT2D eigenvalue weighted by molar-refractivity contribution is 7.15. The summed E-state index contributed by atoms with van der Waals surface area (Å²) in [7, 11) is 0. The minimum absolute atomic E-state index is 0.479. The molecule has 1 aromatic heterocycles. The van der Waals surface area contributed by atoms with Gasteiger partial charge in [-0.2, -0.15) is 0 Å². The van der Waals surface area contributed by atoms with Crippen molar-refractivity contribution in [2.75, 3.05) is 0 Å². The van der Waals surface area contributed by atoms with Crippen LogP contribution in [0.15, 0.2) is 24.3 Å². The van der Waals surface area contributed by atoms with E-state index in [4.69, 9.17) is 11.6 Å². The summed E-state index contributed by atoms with van der Waals surface area (Å²) in [6, 6.07) is 8.57. The summed E-state index contributed by atoms with van der Waals surface area (Å²) >= 11 is 7.29. The molecule has 1 aromatic carbocycles. The molecule has 0 aliphatic heterocycles. The highest BCUT2D eigenvalue weighted by Gasteiger charge is 2.25. The molecule has 0 N–H and O–H groups in total. The lowest BCUT2D eigenvalue weighted by atomic mass is 10.1. The van der Waals surface area contributed by atoms with Crippen LogP contribution in [0.5, 0.6) is 0 Å². The van der Waals surface area contributed by atoms with Crippen molar-refractivity contribution in [3.63, 3.8) is 0 Å². The molecule has 76 valence electrons. The maximum absolute atomic E-state index is 5.80. The van der Waals surface area contributed by atoms with E-state index in [0.29, 0.717) is 10.4 Å². The second-order valence-electron chi connectivity index (χ2n) is 3.77. The van der Waals surface area contributed by atoms with E-state index in [2.05, 4.69) is 34.5 Å². The minimum atomic E-state index is 0.479. The molecule has 4 heteroatoms. The van der Waals surface area contributed by atoms with Crippen LogP contribution < -0.4 is 0 Å². The molecule has 0 radical (unpaired) electrons. The van der Waals surface area contributed by atoms with E-state index in [0.717, 1.165) is 17.8 Å². The van der Waals surface area contributed by atoms with Gasteiger partial charge in [0.1, 0.15) is 5.01 Å². The maximum Gasteiger partial charge on any atom is 0.207 e. The molecule has 2 aromatic rings. The van der Waals surface area contributed by atoms with Crippen LogP contribution in [0.2, 0.25) is 4.47 Å². The third-order valence-corrected chi connectivity index (χ3v) is 4.00. The first-order valence-electron chi connectivity index (χ1n) is 4.88. The van der Waals surface area contributed by atoms with Crippen LogP contribution in [0.1, 0.15) is 22.1 Å². The number of nitrogens with zero attached hydrogens (tertiary/aromatic N) is 2. The van der Waals surface area contributed by atoms with Gasteiger partial charge < -0.3 is 0 Å². The molecule has 0 spiro atoms. The summed E-state index contributed by atoms with van der Waals surface area (Å²) in [6.45, 7) is 0. The fraction of sp³-hybridized carbons (Fsp3) is 0.273. The Labute approximate surface area is 96.9 Å². The first-order chi connectivity index (χ1) is 7.33. The molecule has 1 aliphatic carbocycles. The number of benzene rings is 1. The highest BCUT2D eigenvalue weighted by atomic mass is 35.5. The monoisotopic (exact) mass is 236 g/mol. The number of rotatable bonds is 1. The highest BCUT2D eigenvalue weighted by Crippen LogP contribution is 2.35. The number of halogens is 1. The van der Waals surface area contributed by atoms with Gasteiger partial charge in [-0.05, 0) is 35.6 Å². The molecule has 0 fully saturated rings. The number of aromatic nitrogens is 2. The summed E-state index contributed by atoms with van der Waals surface area (Å²) in [5, 5.41) is 9.04. The zero-order chi connectivity index (χ0) is 10.3. The van der Waals surface area contributed by atoms with Crippen molar-refractivity contribution in [1.29, 1.82) is 0 Å². The summed E-state index contributed by atoms with van der Waals surface area (Å²) in [6.07, 6.45) is 2.14. The van der Waals surface area contributed by atoms with Gasteiger partial charge >= 0.3 is 0 Å². The van der Waals surface area contributed by atoms with Crippen molar-refractivity contribution in [2.45, 2.75) is 18.8 Å². The number of hydrogen-bond acceptors (Lipinski definition) is 3. The number of hydrogen-bond donors (Lipinski definition) is 0. The van der Waals surface area contributed by atoms with E-state index in [1.54, 1.807) is 0 Å². The molecule has 0 saturated heterocycles. The average molecular weight is 237 g/mol. The Bertz CT molecular complexity index is 470. The van der Waals surface area contributed by atoms with Gasteiger partial charge in [0, 0.05) is 5.92 Å². The molecular weight excluding hydrogens is 228 g/mol. The van der Waals surface area contributed by atoms with E-state index in [9.17, 15) is 0 Å². The largest absolute Gasteiger partial charge is 0.207 e. The Morgan fingerprint density at radius 1 is 1.13 bits per heavy atom. The first-order valence-corrected chi connectivity index (χ1v) is 6.08. The Morgan fingerprint density at radius 3 is 2.33 bits per heavy atom. The lowest BCUT2D eigenvalue weighted by Gasteiger charge is -2.01. The predicted octanol–water partition coefficient (Wildman–Crippen LogP) is 3.07. The SMILES string of the molecule is Clc1nnc(C2Cc3ccccc3C2)s1. The van der Waals surface area contributed by atoms with Gasteiger partial charge in [-0.25, -0.2) is 0 Å². The molecule has 1 aliphatic rings. The van der Waals surface area contributed by atoms with Crippen molar-refractivity contribution in [3.8, 4) is 0 Å². The maximum atomic E-state index is 5.80. The zero-order valence-corrected chi connectivity index (χ0v) is 9.55. The molecule has 0 saturated carbocycles. The van der Waals surface area contributed by atoms with Crippen LogP contribution in [-0.4, -0.2) is 10.2 Å². The Hall–Kier alpha value is -0.930. The van der Waals surface area contributed by atoms with Crippen LogP contribution in [-0.2, 0) is 12.8 Å². The van der Waals surface area contributed by atoms with Crippen LogP contribution in [0, 0.1) is 0 Å². The van der Waals surface area contributed by atoms with E-state index in [1.165, 1.54) is 22.5 Å². The Morgan fingerprint density at radius 2 is 1.80 bits per heavy atom. The summed E-state index contributed by atoms with van der Waals surface area (Å²) in [4.78, 5) is 0. The second kappa shape index (κ2) is 3.58. The Kier molecular flexibility index (Phi) is 2.22. The van der Waals surface area contributed by atoms with Crippen molar-refractivity contribution in [1.82, 2.24) is 10.2 Å². The van der Waals surface area contributed by atoms with Gasteiger partial charge in [-0.1, -0.05) is 35.6 Å².